The van der Waals surface area contributed by atoms with Gasteiger partial charge in [-0.2, -0.15) is 26.3 Å². The number of amides is 1. The Kier molecular flexibility index (Phi) is 10.7. The molecule has 220 valence electrons. The van der Waals surface area contributed by atoms with Gasteiger partial charge in [-0.15, -0.1) is 0 Å². The summed E-state index contributed by atoms with van der Waals surface area (Å²) in [4.78, 5) is 39.7. The highest BCUT2D eigenvalue weighted by atomic mass is 19.4. The lowest BCUT2D eigenvalue weighted by molar-refractivity contribution is -0.193. The topological polar surface area (TPSA) is 120 Å². The van der Waals surface area contributed by atoms with E-state index < -0.39 is 24.3 Å². The maximum atomic E-state index is 12.9. The zero-order valence-electron chi connectivity index (χ0n) is 21.4. The molecule has 1 spiro atoms. The molecule has 15 heteroatoms. The van der Waals surface area contributed by atoms with E-state index in [9.17, 15) is 31.1 Å². The van der Waals surface area contributed by atoms with Crippen LogP contribution in [0.2, 0.25) is 0 Å². The minimum Gasteiger partial charge on any atom is -0.475 e. The third kappa shape index (κ3) is 9.64. The van der Waals surface area contributed by atoms with Gasteiger partial charge < -0.3 is 24.7 Å². The third-order valence-corrected chi connectivity index (χ3v) is 6.54. The number of aryl methyl sites for hydroxylation is 2. The number of rotatable bonds is 2. The molecule has 0 saturated carbocycles. The molecule has 0 bridgehead atoms. The van der Waals surface area contributed by atoms with Gasteiger partial charge in [0.2, 0.25) is 0 Å². The number of carboxylic acids is 2. The van der Waals surface area contributed by atoms with E-state index in [0.29, 0.717) is 6.04 Å². The van der Waals surface area contributed by atoms with Crippen LogP contribution in [0.25, 0.3) is 0 Å². The minimum absolute atomic E-state index is 0.123. The Hall–Kier alpha value is -2.94. The number of pyridine rings is 1. The van der Waals surface area contributed by atoms with Crippen molar-refractivity contribution in [1.29, 1.82) is 0 Å². The van der Waals surface area contributed by atoms with Crippen molar-refractivity contribution in [3.63, 3.8) is 0 Å². The maximum Gasteiger partial charge on any atom is 0.490 e. The number of nitrogens with zero attached hydrogens (tertiary/aromatic N) is 3. The molecule has 0 aromatic carbocycles. The highest BCUT2D eigenvalue weighted by Gasteiger charge is 2.46. The van der Waals surface area contributed by atoms with Gasteiger partial charge in [-0.3, -0.25) is 9.78 Å². The molecule has 4 rings (SSSR count). The van der Waals surface area contributed by atoms with Gasteiger partial charge >= 0.3 is 24.3 Å². The number of aromatic nitrogens is 1. The standard InChI is InChI=1S/C20H29N3O2.2C2HF3O2/c1-15-11-17(12-16(2)21-15)19(24)23-9-6-20(14-23)13-18(5-10-25-20)22-7-3-4-8-22;2*3-2(4,5)1(6)7/h11-12,18H,3-10,13-14H2,1-2H3;2*(H,6,7)/t18-,20-;;/m1../s1. The van der Waals surface area contributed by atoms with Crippen molar-refractivity contribution < 1.29 is 55.7 Å². The first-order chi connectivity index (χ1) is 17.9. The lowest BCUT2D eigenvalue weighted by Gasteiger charge is -2.41. The molecular weight excluding hydrogens is 540 g/mol. The number of carboxylic acid groups (broad SMARTS) is 2. The molecule has 0 aliphatic carbocycles. The van der Waals surface area contributed by atoms with Crippen LogP contribution in [0.3, 0.4) is 0 Å². The van der Waals surface area contributed by atoms with Crippen LogP contribution >= 0.6 is 0 Å². The molecule has 9 nitrogen and oxygen atoms in total. The van der Waals surface area contributed by atoms with Gasteiger partial charge in [-0.1, -0.05) is 0 Å². The average molecular weight is 572 g/mol. The Morgan fingerprint density at radius 2 is 1.44 bits per heavy atom. The molecular formula is C24H31F6N3O6. The predicted molar refractivity (Wildman–Crippen MR) is 124 cm³/mol. The zero-order chi connectivity index (χ0) is 29.6. The van der Waals surface area contributed by atoms with Crippen LogP contribution in [0.5, 0.6) is 0 Å². The molecule has 4 heterocycles. The second kappa shape index (κ2) is 12.9. The molecule has 3 saturated heterocycles. The molecule has 39 heavy (non-hydrogen) atoms. The van der Waals surface area contributed by atoms with Gasteiger partial charge in [0.25, 0.3) is 5.91 Å². The van der Waals surface area contributed by atoms with Gasteiger partial charge in [-0.25, -0.2) is 9.59 Å². The van der Waals surface area contributed by atoms with Crippen molar-refractivity contribution in [3.05, 3.63) is 29.1 Å². The van der Waals surface area contributed by atoms with Crippen LogP contribution in [-0.2, 0) is 14.3 Å². The summed E-state index contributed by atoms with van der Waals surface area (Å²) in [6.07, 6.45) is -4.33. The largest absolute Gasteiger partial charge is 0.490 e. The van der Waals surface area contributed by atoms with Crippen LogP contribution in [0.15, 0.2) is 12.1 Å². The first-order valence-corrected chi connectivity index (χ1v) is 12.2. The minimum atomic E-state index is -5.08. The average Bonchev–Trinajstić information content (AvgIpc) is 3.48. The Morgan fingerprint density at radius 3 is 1.90 bits per heavy atom. The zero-order valence-corrected chi connectivity index (χ0v) is 21.4. The summed E-state index contributed by atoms with van der Waals surface area (Å²) < 4.78 is 69.7. The summed E-state index contributed by atoms with van der Waals surface area (Å²) >= 11 is 0. The molecule has 0 unspecified atom stereocenters. The van der Waals surface area contributed by atoms with Crippen LogP contribution in [0, 0.1) is 13.8 Å². The van der Waals surface area contributed by atoms with Crippen molar-refractivity contribution in [2.45, 2.75) is 69.9 Å². The fraction of sp³-hybridized carbons (Fsp3) is 0.667. The molecule has 3 aliphatic heterocycles. The van der Waals surface area contributed by atoms with Crippen molar-refractivity contribution in [3.8, 4) is 0 Å². The second-order valence-electron chi connectivity index (χ2n) is 9.64. The van der Waals surface area contributed by atoms with E-state index in [1.54, 1.807) is 0 Å². The fourth-order valence-electron chi connectivity index (χ4n) is 4.86. The number of hydrogen-bond donors (Lipinski definition) is 2. The number of likely N-dealkylation sites (tertiary alicyclic amines) is 2. The first kappa shape index (κ1) is 32.3. The molecule has 3 aliphatic rings. The number of carbonyl (C=O) groups is 3. The molecule has 2 atom stereocenters. The van der Waals surface area contributed by atoms with Gasteiger partial charge in [0, 0.05) is 36.1 Å². The first-order valence-electron chi connectivity index (χ1n) is 12.2. The van der Waals surface area contributed by atoms with E-state index in [4.69, 9.17) is 24.5 Å². The number of ether oxygens (including phenoxy) is 1. The summed E-state index contributed by atoms with van der Waals surface area (Å²) in [5.74, 6) is -5.39. The molecule has 1 aromatic heterocycles. The Morgan fingerprint density at radius 1 is 0.949 bits per heavy atom. The van der Waals surface area contributed by atoms with E-state index in [0.717, 1.165) is 55.9 Å². The van der Waals surface area contributed by atoms with Crippen molar-refractivity contribution in [2.24, 2.45) is 0 Å². The number of aliphatic carboxylic acids is 2. The van der Waals surface area contributed by atoms with Crippen LogP contribution in [-0.4, -0.2) is 99.6 Å². The lowest BCUT2D eigenvalue weighted by atomic mass is 9.89. The Balaban J connectivity index is 0.000000317. The Bertz CT molecular complexity index is 984. The normalized spacial score (nSPS) is 23.5. The van der Waals surface area contributed by atoms with Gasteiger partial charge in [-0.05, 0) is 71.2 Å². The van der Waals surface area contributed by atoms with E-state index in [2.05, 4.69) is 9.88 Å². The molecule has 1 aromatic rings. The van der Waals surface area contributed by atoms with E-state index in [1.165, 1.54) is 25.9 Å². The predicted octanol–water partition coefficient (Wildman–Crippen LogP) is 3.82. The lowest BCUT2D eigenvalue weighted by Crippen LogP contribution is -2.49. The van der Waals surface area contributed by atoms with Gasteiger partial charge in [0.1, 0.15) is 0 Å². The third-order valence-electron chi connectivity index (χ3n) is 6.54. The quantitative estimate of drug-likeness (QED) is 0.515. The smallest absolute Gasteiger partial charge is 0.475 e. The van der Waals surface area contributed by atoms with Gasteiger partial charge in [0.15, 0.2) is 0 Å². The second-order valence-corrected chi connectivity index (χ2v) is 9.64. The highest BCUT2D eigenvalue weighted by molar-refractivity contribution is 5.94. The maximum absolute atomic E-state index is 12.9. The van der Waals surface area contributed by atoms with Crippen molar-refractivity contribution >= 4 is 17.8 Å². The summed E-state index contributed by atoms with van der Waals surface area (Å²) in [7, 11) is 0. The molecule has 0 radical (unpaired) electrons. The van der Waals surface area contributed by atoms with Gasteiger partial charge in [0.05, 0.1) is 12.1 Å². The van der Waals surface area contributed by atoms with Crippen LogP contribution in [0.4, 0.5) is 26.3 Å². The number of hydrogen-bond acceptors (Lipinski definition) is 6. The van der Waals surface area contributed by atoms with Crippen molar-refractivity contribution in [1.82, 2.24) is 14.8 Å². The van der Waals surface area contributed by atoms with E-state index >= 15 is 0 Å². The Labute approximate surface area is 220 Å². The summed E-state index contributed by atoms with van der Waals surface area (Å²) in [6, 6.07) is 4.43. The summed E-state index contributed by atoms with van der Waals surface area (Å²) in [5, 5.41) is 14.2. The molecule has 1 amide bonds. The molecule has 3 fully saturated rings. The number of alkyl halides is 6. The fourth-order valence-corrected chi connectivity index (χ4v) is 4.86. The van der Waals surface area contributed by atoms with Crippen LogP contribution < -0.4 is 0 Å². The SMILES string of the molecule is Cc1cc(C(=O)N2CC[C@@]3(C[C@H](N4CCCC4)CCO3)C2)cc(C)n1.O=C(O)C(F)(F)F.O=C(O)C(F)(F)F. The monoisotopic (exact) mass is 571 g/mol. The highest BCUT2D eigenvalue weighted by Crippen LogP contribution is 2.37. The number of halogens is 6. The van der Waals surface area contributed by atoms with Crippen LogP contribution in [0.1, 0.15) is 53.8 Å². The number of carbonyl (C=O) groups excluding carboxylic acids is 1. The van der Waals surface area contributed by atoms with E-state index in [1.807, 2.05) is 30.9 Å². The van der Waals surface area contributed by atoms with E-state index in [-0.39, 0.29) is 11.5 Å². The summed E-state index contributed by atoms with van der Waals surface area (Å²) in [6.45, 7) is 8.72. The van der Waals surface area contributed by atoms with Crippen molar-refractivity contribution in [2.75, 3.05) is 32.8 Å². The molecule has 2 N–H and O–H groups in total. The summed E-state index contributed by atoms with van der Waals surface area (Å²) in [5.41, 5.74) is 2.44.